The Morgan fingerprint density at radius 2 is 0.654 bits per heavy atom. The van der Waals surface area contributed by atoms with Crippen LogP contribution in [0.15, 0.2) is 109 Å². The average molecular weight is 1100 g/mol. The van der Waals surface area contributed by atoms with Gasteiger partial charge in [0.05, 0.1) is 68.1 Å². The van der Waals surface area contributed by atoms with E-state index in [1.165, 1.54) is 138 Å². The third-order valence-corrected chi connectivity index (χ3v) is 15.7. The number of epoxide rings is 2. The smallest absolute Gasteiger partial charge is 0.161 e. The van der Waals surface area contributed by atoms with E-state index in [9.17, 15) is 0 Å². The summed E-state index contributed by atoms with van der Waals surface area (Å²) in [4.78, 5) is 0. The molecule has 2 aliphatic rings. The molecule has 2 atom stereocenters. The lowest BCUT2D eigenvalue weighted by Gasteiger charge is -2.18. The normalized spacial score (nSPS) is 14.9. The molecule has 6 aromatic rings. The van der Waals surface area contributed by atoms with Gasteiger partial charge in [-0.3, -0.25) is 0 Å². The lowest BCUT2D eigenvalue weighted by atomic mass is 9.93. The molecule has 2 fully saturated rings. The zero-order chi connectivity index (χ0) is 57.0. The van der Waals surface area contributed by atoms with Crippen molar-refractivity contribution >= 4 is 44.5 Å². The molecule has 0 aromatic heterocycles. The molecule has 0 amide bonds. The zero-order valence-corrected chi connectivity index (χ0v) is 50.3. The van der Waals surface area contributed by atoms with Gasteiger partial charge in [0.15, 0.2) is 34.5 Å². The summed E-state index contributed by atoms with van der Waals surface area (Å²) in [6.07, 6.45) is 47.2. The van der Waals surface area contributed by atoms with Gasteiger partial charge in [0.1, 0.15) is 11.5 Å². The van der Waals surface area contributed by atoms with E-state index in [0.717, 1.165) is 82.7 Å². The van der Waals surface area contributed by atoms with Gasteiger partial charge in [-0.15, -0.1) is 0 Å². The first-order chi connectivity index (χ1) is 39.9. The summed E-state index contributed by atoms with van der Waals surface area (Å²) in [6.45, 7) is 6.23. The van der Waals surface area contributed by atoms with E-state index in [0.29, 0.717) is 34.5 Å². The molecule has 8 rings (SSSR count). The highest BCUT2D eigenvalue weighted by Gasteiger charge is 2.28. The second-order valence-electron chi connectivity index (χ2n) is 21.6. The third-order valence-electron chi connectivity index (χ3n) is 15.7. The molecular formula is C72H94O9. The molecule has 2 aliphatic heterocycles. The predicted molar refractivity (Wildman–Crippen MR) is 338 cm³/mol. The van der Waals surface area contributed by atoms with Crippen LogP contribution in [0.2, 0.25) is 0 Å². The Kier molecular flexibility index (Phi) is 26.2. The fourth-order valence-corrected chi connectivity index (χ4v) is 10.8. The summed E-state index contributed by atoms with van der Waals surface area (Å²) in [5, 5.41) is 6.02. The van der Waals surface area contributed by atoms with Crippen LogP contribution >= 0.6 is 0 Å². The number of rotatable bonds is 36. The Morgan fingerprint density at radius 3 is 0.926 bits per heavy atom. The maximum Gasteiger partial charge on any atom is 0.161 e. The van der Waals surface area contributed by atoms with Crippen molar-refractivity contribution in [2.45, 2.75) is 167 Å². The second kappa shape index (κ2) is 34.1. The Morgan fingerprint density at radius 1 is 0.370 bits per heavy atom. The maximum atomic E-state index is 6.80. The van der Waals surface area contributed by atoms with Crippen molar-refractivity contribution in [3.05, 3.63) is 132 Å². The van der Waals surface area contributed by atoms with Crippen LogP contribution in [0.4, 0.5) is 0 Å². The first-order valence-corrected chi connectivity index (χ1v) is 30.5. The molecule has 81 heavy (non-hydrogen) atoms. The maximum absolute atomic E-state index is 6.80. The van der Waals surface area contributed by atoms with Gasteiger partial charge in [-0.25, -0.2) is 0 Å². The Labute approximate surface area is 485 Å². The number of ether oxygens (including phenoxy) is 9. The fraction of sp³-hybridized carbons (Fsp3) is 0.472. The van der Waals surface area contributed by atoms with Crippen LogP contribution in [0.1, 0.15) is 165 Å². The summed E-state index contributed by atoms with van der Waals surface area (Å²) in [5.74, 6) is 5.77. The highest BCUT2D eigenvalue weighted by Crippen LogP contribution is 2.47. The van der Waals surface area contributed by atoms with Gasteiger partial charge in [-0.05, 0) is 118 Å². The number of unbranched alkanes of at least 4 members (excludes halogenated alkanes) is 18. The molecule has 0 N–H and O–H groups in total. The van der Waals surface area contributed by atoms with Crippen LogP contribution in [0.25, 0.3) is 44.5 Å². The monoisotopic (exact) mass is 1100 g/mol. The van der Waals surface area contributed by atoms with Crippen molar-refractivity contribution in [3.63, 3.8) is 0 Å². The van der Waals surface area contributed by atoms with Crippen LogP contribution in [-0.2, 0) is 22.3 Å². The molecule has 0 saturated carbocycles. The largest absolute Gasteiger partial charge is 0.493 e. The van der Waals surface area contributed by atoms with Crippen LogP contribution in [0.5, 0.6) is 46.0 Å². The highest BCUT2D eigenvalue weighted by atomic mass is 16.6. The van der Waals surface area contributed by atoms with Gasteiger partial charge in [0.2, 0.25) is 0 Å². The van der Waals surface area contributed by atoms with Crippen LogP contribution in [0.3, 0.4) is 0 Å². The van der Waals surface area contributed by atoms with E-state index < -0.39 is 0 Å². The Balaban J connectivity index is 0.000000266. The van der Waals surface area contributed by atoms with Gasteiger partial charge in [-0.1, -0.05) is 189 Å². The van der Waals surface area contributed by atoms with Gasteiger partial charge in [0.25, 0.3) is 0 Å². The van der Waals surface area contributed by atoms with Gasteiger partial charge >= 0.3 is 0 Å². The molecule has 0 spiro atoms. The second-order valence-corrected chi connectivity index (χ2v) is 21.6. The predicted octanol–water partition coefficient (Wildman–Crippen LogP) is 19.5. The van der Waals surface area contributed by atoms with Crippen molar-refractivity contribution in [2.24, 2.45) is 0 Å². The fourth-order valence-electron chi connectivity index (χ4n) is 10.8. The SMILES string of the molecule is CCCCCCCCCCCC=CC=Cc1cccc(Oc2cccc(C=CC=CCCCCCCCCCCC)c2CC2CO2)c1CC1CO1.COc1cc2c3cc(OC)c(OC)cc3c3cc(OC)c(OC)cc3c2cc1OC. The van der Waals surface area contributed by atoms with Crippen molar-refractivity contribution in [3.8, 4) is 46.0 Å². The summed E-state index contributed by atoms with van der Waals surface area (Å²) in [7, 11) is 9.78. The summed E-state index contributed by atoms with van der Waals surface area (Å²) in [5.41, 5.74) is 4.85. The van der Waals surface area contributed by atoms with E-state index in [1.807, 2.05) is 36.4 Å². The molecule has 0 aliphatic carbocycles. The average Bonchev–Trinajstić information content (AvgIpc) is 4.47. The number of benzene rings is 6. The van der Waals surface area contributed by atoms with E-state index in [2.05, 4.69) is 98.9 Å². The molecule has 0 radical (unpaired) electrons. The summed E-state index contributed by atoms with van der Waals surface area (Å²) in [6, 6.07) is 24.8. The van der Waals surface area contributed by atoms with E-state index in [1.54, 1.807) is 42.7 Å². The van der Waals surface area contributed by atoms with Gasteiger partial charge in [-0.2, -0.15) is 0 Å². The zero-order valence-electron chi connectivity index (χ0n) is 50.3. The summed E-state index contributed by atoms with van der Waals surface area (Å²) < 4.78 is 51.5. The van der Waals surface area contributed by atoms with Crippen molar-refractivity contribution < 1.29 is 42.6 Å². The topological polar surface area (TPSA) is 89.7 Å². The molecule has 0 bridgehead atoms. The standard InChI is InChI=1S/C48H70O3.C24H24O6/c1-3-5-7-9-11-13-15-17-19-21-23-25-27-31-41-33-29-35-47(45(41)37-43-39-49-43)51-48-36-30-34-42(46(48)38-44-40-50-44)32-28-26-24-22-20-18-16-14-12-10-8-6-4-2;1-25-19-7-13-14(8-20(19)26-2)16-10-22(28-4)24(30-6)12-18(16)17-11-23(29-5)21(27-3)9-15(13)17/h23-36,43-44H,3-22,37-40H2,1-2H3;7-12H,1-6H3. The van der Waals surface area contributed by atoms with E-state index in [-0.39, 0.29) is 12.2 Å². The number of allylic oxidation sites excluding steroid dienone is 6. The Bertz CT molecular complexity index is 2610. The molecule has 2 saturated heterocycles. The number of fused-ring (bicyclic) bond motifs is 6. The van der Waals surface area contributed by atoms with E-state index in [4.69, 9.17) is 42.6 Å². The number of methoxy groups -OCH3 is 6. The summed E-state index contributed by atoms with van der Waals surface area (Å²) >= 11 is 0. The molecule has 2 heterocycles. The van der Waals surface area contributed by atoms with Crippen molar-refractivity contribution in [2.75, 3.05) is 55.9 Å². The molecule has 436 valence electrons. The van der Waals surface area contributed by atoms with Gasteiger partial charge < -0.3 is 42.6 Å². The number of hydrogen-bond acceptors (Lipinski definition) is 9. The van der Waals surface area contributed by atoms with Crippen molar-refractivity contribution in [1.29, 1.82) is 0 Å². The van der Waals surface area contributed by atoms with Crippen molar-refractivity contribution in [1.82, 2.24) is 0 Å². The van der Waals surface area contributed by atoms with E-state index >= 15 is 0 Å². The van der Waals surface area contributed by atoms with Gasteiger partial charge in [0, 0.05) is 24.0 Å². The first kappa shape index (κ1) is 62.2. The quantitative estimate of drug-likeness (QED) is 0.0165. The van der Waals surface area contributed by atoms with Crippen LogP contribution in [-0.4, -0.2) is 68.1 Å². The first-order valence-electron chi connectivity index (χ1n) is 30.5. The molecule has 6 aromatic carbocycles. The molecular weight excluding hydrogens is 1010 g/mol. The molecule has 9 nitrogen and oxygen atoms in total. The van der Waals surface area contributed by atoms with Crippen LogP contribution in [0, 0.1) is 0 Å². The minimum atomic E-state index is 0.278. The van der Waals surface area contributed by atoms with Crippen LogP contribution < -0.4 is 33.2 Å². The third kappa shape index (κ3) is 18.8. The highest BCUT2D eigenvalue weighted by molar-refractivity contribution is 6.26. The minimum Gasteiger partial charge on any atom is -0.493 e. The number of hydrogen-bond donors (Lipinski definition) is 0. The molecule has 2 unspecified atom stereocenters. The molecule has 9 heteroatoms. The minimum absolute atomic E-state index is 0.278. The lowest BCUT2D eigenvalue weighted by Crippen LogP contribution is -2.03. The lowest BCUT2D eigenvalue weighted by molar-refractivity contribution is 0.355. The Hall–Kier alpha value is -6.42.